The highest BCUT2D eigenvalue weighted by molar-refractivity contribution is 5.41. The van der Waals surface area contributed by atoms with E-state index in [2.05, 4.69) is 19.9 Å². The highest BCUT2D eigenvalue weighted by Gasteiger charge is 2.25. The third-order valence-electron chi connectivity index (χ3n) is 3.06. The summed E-state index contributed by atoms with van der Waals surface area (Å²) in [6.07, 6.45) is 0. The van der Waals surface area contributed by atoms with E-state index in [-0.39, 0.29) is 6.04 Å². The quantitative estimate of drug-likeness (QED) is 0.844. The Labute approximate surface area is 104 Å². The zero-order valence-electron chi connectivity index (χ0n) is 11.4. The van der Waals surface area contributed by atoms with Gasteiger partial charge in [-0.05, 0) is 31.4 Å². The predicted molar refractivity (Wildman–Crippen MR) is 72.3 cm³/mol. The van der Waals surface area contributed by atoms with Gasteiger partial charge in [-0.3, -0.25) is 0 Å². The summed E-state index contributed by atoms with van der Waals surface area (Å²) in [6, 6.07) is 5.92. The molecule has 0 aromatic heterocycles. The predicted octanol–water partition coefficient (Wildman–Crippen LogP) is 2.56. The molecule has 0 aliphatic rings. The summed E-state index contributed by atoms with van der Waals surface area (Å²) in [6.45, 7) is 8.16. The third-order valence-corrected chi connectivity index (χ3v) is 3.06. The van der Waals surface area contributed by atoms with Crippen LogP contribution in [0.3, 0.4) is 0 Å². The van der Waals surface area contributed by atoms with Crippen LogP contribution >= 0.6 is 0 Å². The Morgan fingerprint density at radius 1 is 1.24 bits per heavy atom. The summed E-state index contributed by atoms with van der Waals surface area (Å²) in [5.74, 6) is 1.29. The summed E-state index contributed by atoms with van der Waals surface area (Å²) in [4.78, 5) is 0. The maximum atomic E-state index is 6.17. The Balaban J connectivity index is 3.17. The maximum Gasteiger partial charge on any atom is 0.123 e. The largest absolute Gasteiger partial charge is 0.496 e. The van der Waals surface area contributed by atoms with E-state index in [1.54, 1.807) is 7.11 Å². The molecule has 0 saturated heterocycles. The average Bonchev–Trinajstić information content (AvgIpc) is 2.25. The molecule has 0 amide bonds. The number of nitrogens with two attached hydrogens (primary N) is 2. The van der Waals surface area contributed by atoms with Crippen LogP contribution in [-0.2, 0) is 0 Å². The van der Waals surface area contributed by atoms with Crippen LogP contribution in [0, 0.1) is 0 Å². The molecule has 3 heteroatoms. The highest BCUT2D eigenvalue weighted by atomic mass is 16.5. The van der Waals surface area contributed by atoms with Gasteiger partial charge >= 0.3 is 0 Å². The standard InChI is InChI=1S/C14H24N2O/c1-9(2)10-6-7-11(12(8-10)17-5)13(15)14(3,4)16/h6-9,13H,15-16H2,1-5H3. The molecule has 1 aromatic carbocycles. The van der Waals surface area contributed by atoms with E-state index in [1.165, 1.54) is 5.56 Å². The van der Waals surface area contributed by atoms with Gasteiger partial charge < -0.3 is 16.2 Å². The first-order valence-electron chi connectivity index (χ1n) is 5.99. The van der Waals surface area contributed by atoms with Crippen molar-refractivity contribution in [2.45, 2.75) is 45.2 Å². The molecule has 1 unspecified atom stereocenters. The van der Waals surface area contributed by atoms with Gasteiger partial charge in [-0.15, -0.1) is 0 Å². The zero-order chi connectivity index (χ0) is 13.2. The molecule has 1 atom stereocenters. The summed E-state index contributed by atoms with van der Waals surface area (Å²) >= 11 is 0. The second-order valence-corrected chi connectivity index (χ2v) is 5.46. The van der Waals surface area contributed by atoms with Crippen LogP contribution in [0.5, 0.6) is 5.75 Å². The van der Waals surface area contributed by atoms with Crippen molar-refractivity contribution in [3.05, 3.63) is 29.3 Å². The van der Waals surface area contributed by atoms with Crippen molar-refractivity contribution in [3.8, 4) is 5.75 Å². The Bertz CT molecular complexity index is 380. The number of hydrogen-bond donors (Lipinski definition) is 2. The molecule has 96 valence electrons. The average molecular weight is 236 g/mol. The lowest BCUT2D eigenvalue weighted by molar-refractivity contribution is 0.376. The Hall–Kier alpha value is -1.06. The van der Waals surface area contributed by atoms with Crippen molar-refractivity contribution in [1.82, 2.24) is 0 Å². The van der Waals surface area contributed by atoms with Gasteiger partial charge in [-0.25, -0.2) is 0 Å². The SMILES string of the molecule is COc1cc(C(C)C)ccc1C(N)C(C)(C)N. The summed E-state index contributed by atoms with van der Waals surface area (Å²) in [7, 11) is 1.67. The van der Waals surface area contributed by atoms with Crippen molar-refractivity contribution in [2.24, 2.45) is 11.5 Å². The molecule has 1 aromatic rings. The van der Waals surface area contributed by atoms with Gasteiger partial charge in [0.1, 0.15) is 5.75 Å². The minimum atomic E-state index is -0.466. The first-order chi connectivity index (χ1) is 7.77. The second-order valence-electron chi connectivity index (χ2n) is 5.46. The lowest BCUT2D eigenvalue weighted by Crippen LogP contribution is -2.43. The van der Waals surface area contributed by atoms with Crippen molar-refractivity contribution in [3.63, 3.8) is 0 Å². The van der Waals surface area contributed by atoms with Crippen molar-refractivity contribution in [1.29, 1.82) is 0 Å². The molecule has 0 aliphatic heterocycles. The van der Waals surface area contributed by atoms with E-state index in [1.807, 2.05) is 26.0 Å². The monoisotopic (exact) mass is 236 g/mol. The molecule has 0 heterocycles. The van der Waals surface area contributed by atoms with Gasteiger partial charge in [0, 0.05) is 11.1 Å². The fourth-order valence-electron chi connectivity index (χ4n) is 1.74. The molecular weight excluding hydrogens is 212 g/mol. The summed E-state index contributed by atoms with van der Waals surface area (Å²) < 4.78 is 5.42. The van der Waals surface area contributed by atoms with Gasteiger partial charge in [0.05, 0.1) is 13.2 Å². The fraction of sp³-hybridized carbons (Fsp3) is 0.571. The number of benzene rings is 1. The molecular formula is C14H24N2O. The molecule has 1 rings (SSSR count). The second kappa shape index (κ2) is 5.07. The first kappa shape index (κ1) is 14.0. The highest BCUT2D eigenvalue weighted by Crippen LogP contribution is 2.31. The topological polar surface area (TPSA) is 61.3 Å². The van der Waals surface area contributed by atoms with Crippen LogP contribution in [0.15, 0.2) is 18.2 Å². The van der Waals surface area contributed by atoms with Crippen LogP contribution in [0.4, 0.5) is 0 Å². The van der Waals surface area contributed by atoms with Crippen LogP contribution in [0.2, 0.25) is 0 Å². The van der Waals surface area contributed by atoms with Crippen molar-refractivity contribution >= 4 is 0 Å². The number of ether oxygens (including phenoxy) is 1. The van der Waals surface area contributed by atoms with E-state index in [0.717, 1.165) is 11.3 Å². The molecule has 3 nitrogen and oxygen atoms in total. The van der Waals surface area contributed by atoms with Crippen molar-refractivity contribution < 1.29 is 4.74 Å². The Kier molecular flexibility index (Phi) is 4.17. The van der Waals surface area contributed by atoms with Gasteiger partial charge in [0.2, 0.25) is 0 Å². The van der Waals surface area contributed by atoms with E-state index < -0.39 is 5.54 Å². The van der Waals surface area contributed by atoms with Crippen LogP contribution < -0.4 is 16.2 Å². The van der Waals surface area contributed by atoms with Gasteiger partial charge in [-0.2, -0.15) is 0 Å². The molecule has 0 radical (unpaired) electrons. The molecule has 0 aliphatic carbocycles. The normalized spacial score (nSPS) is 13.9. The number of methoxy groups -OCH3 is 1. The molecule has 0 saturated carbocycles. The van der Waals surface area contributed by atoms with Crippen LogP contribution in [0.1, 0.15) is 50.8 Å². The van der Waals surface area contributed by atoms with Gasteiger partial charge in [-0.1, -0.05) is 26.0 Å². The van der Waals surface area contributed by atoms with E-state index in [4.69, 9.17) is 16.2 Å². The van der Waals surface area contributed by atoms with Crippen LogP contribution in [0.25, 0.3) is 0 Å². The fourth-order valence-corrected chi connectivity index (χ4v) is 1.74. The number of rotatable bonds is 4. The summed E-state index contributed by atoms with van der Waals surface area (Å²) in [5, 5.41) is 0. The smallest absolute Gasteiger partial charge is 0.123 e. The summed E-state index contributed by atoms with van der Waals surface area (Å²) in [5.41, 5.74) is 14.0. The Morgan fingerprint density at radius 3 is 2.24 bits per heavy atom. The molecule has 0 fully saturated rings. The lowest BCUT2D eigenvalue weighted by atomic mass is 9.88. The maximum absolute atomic E-state index is 6.17. The number of hydrogen-bond acceptors (Lipinski definition) is 3. The third kappa shape index (κ3) is 3.20. The molecule has 0 bridgehead atoms. The van der Waals surface area contributed by atoms with E-state index >= 15 is 0 Å². The van der Waals surface area contributed by atoms with Gasteiger partial charge in [0.25, 0.3) is 0 Å². The van der Waals surface area contributed by atoms with E-state index in [9.17, 15) is 0 Å². The molecule has 17 heavy (non-hydrogen) atoms. The van der Waals surface area contributed by atoms with Crippen molar-refractivity contribution in [2.75, 3.05) is 7.11 Å². The molecule has 0 spiro atoms. The lowest BCUT2D eigenvalue weighted by Gasteiger charge is -2.29. The van der Waals surface area contributed by atoms with Crippen LogP contribution in [-0.4, -0.2) is 12.6 Å². The van der Waals surface area contributed by atoms with E-state index in [0.29, 0.717) is 5.92 Å². The molecule has 4 N–H and O–H groups in total. The van der Waals surface area contributed by atoms with Gasteiger partial charge in [0.15, 0.2) is 0 Å². The Morgan fingerprint density at radius 2 is 1.82 bits per heavy atom. The first-order valence-corrected chi connectivity index (χ1v) is 5.99. The minimum absolute atomic E-state index is 0.237. The minimum Gasteiger partial charge on any atom is -0.496 e. The zero-order valence-corrected chi connectivity index (χ0v) is 11.4.